The summed E-state index contributed by atoms with van der Waals surface area (Å²) < 4.78 is 0. The molecule has 1 N–H and O–H groups in total. The first kappa shape index (κ1) is 13.8. The molecule has 0 spiro atoms. The van der Waals surface area contributed by atoms with Gasteiger partial charge in [0.1, 0.15) is 0 Å². The normalized spacial score (nSPS) is 23.4. The van der Waals surface area contributed by atoms with Gasteiger partial charge >= 0.3 is 5.00 Å². The fraction of sp³-hybridized carbons (Fsp3) is 0.667. The molecule has 2 atom stereocenters. The lowest BCUT2D eigenvalue weighted by Gasteiger charge is -2.19. The number of nitrogens with one attached hydrogen (secondary N) is 1. The topological polar surface area (TPSA) is 55.2 Å². The monoisotopic (exact) mass is 286 g/mol. The summed E-state index contributed by atoms with van der Waals surface area (Å²) in [5.41, 5.74) is 0. The van der Waals surface area contributed by atoms with Gasteiger partial charge in [0.25, 0.3) is 0 Å². The zero-order valence-electron chi connectivity index (χ0n) is 10.4. The number of nitro groups is 1. The van der Waals surface area contributed by atoms with E-state index in [0.29, 0.717) is 11.3 Å². The Morgan fingerprint density at radius 3 is 3.06 bits per heavy atom. The Balaban J connectivity index is 1.84. The second kappa shape index (κ2) is 6.54. The van der Waals surface area contributed by atoms with E-state index in [0.717, 1.165) is 17.2 Å². The highest BCUT2D eigenvalue weighted by Gasteiger charge is 2.26. The lowest BCUT2D eigenvalue weighted by atomic mass is 10.2. The smallest absolute Gasteiger partial charge is 0.308 e. The maximum Gasteiger partial charge on any atom is 0.324 e. The summed E-state index contributed by atoms with van der Waals surface area (Å²) in [6, 6.07) is 4.01. The molecule has 0 aliphatic heterocycles. The molecule has 0 radical (unpaired) electrons. The molecule has 4 nitrogen and oxygen atoms in total. The average Bonchev–Trinajstić information content (AvgIpc) is 2.95. The Labute approximate surface area is 115 Å². The summed E-state index contributed by atoms with van der Waals surface area (Å²) in [6.07, 6.45) is 3.81. The van der Waals surface area contributed by atoms with Crippen LogP contribution in [0.5, 0.6) is 0 Å². The first-order chi connectivity index (χ1) is 8.70. The van der Waals surface area contributed by atoms with E-state index in [1.807, 2.05) is 17.8 Å². The number of nitrogens with zero attached hydrogens (tertiary/aromatic N) is 1. The van der Waals surface area contributed by atoms with E-state index in [1.54, 1.807) is 6.07 Å². The predicted octanol–water partition coefficient (Wildman–Crippen LogP) is 3.42. The molecule has 1 heterocycles. The SMILES string of the molecule is CCSC1CCCC1NCc1ccc([N+](=O)[O-])s1. The van der Waals surface area contributed by atoms with E-state index < -0.39 is 0 Å². The molecule has 2 unspecified atom stereocenters. The highest BCUT2D eigenvalue weighted by Crippen LogP contribution is 2.30. The molecule has 1 aromatic heterocycles. The van der Waals surface area contributed by atoms with Gasteiger partial charge in [0.15, 0.2) is 0 Å². The third kappa shape index (κ3) is 3.46. The van der Waals surface area contributed by atoms with E-state index in [9.17, 15) is 10.1 Å². The molecule has 100 valence electrons. The standard InChI is InChI=1S/C12H18N2O2S2/c1-2-17-11-5-3-4-10(11)13-8-9-6-7-12(18-9)14(15)16/h6-7,10-11,13H,2-5,8H2,1H3. The first-order valence-electron chi connectivity index (χ1n) is 6.28. The van der Waals surface area contributed by atoms with Crippen LogP contribution in [0, 0.1) is 10.1 Å². The summed E-state index contributed by atoms with van der Waals surface area (Å²) in [4.78, 5) is 11.3. The molecule has 0 aromatic carbocycles. The molecule has 1 saturated carbocycles. The Hall–Kier alpha value is -0.590. The summed E-state index contributed by atoms with van der Waals surface area (Å²) >= 11 is 3.30. The fourth-order valence-electron chi connectivity index (χ4n) is 2.36. The van der Waals surface area contributed by atoms with Crippen molar-refractivity contribution in [2.45, 2.75) is 44.0 Å². The third-order valence-corrected chi connectivity index (χ3v) is 5.56. The summed E-state index contributed by atoms with van der Waals surface area (Å²) in [5.74, 6) is 1.16. The van der Waals surface area contributed by atoms with Crippen molar-refractivity contribution in [3.8, 4) is 0 Å². The van der Waals surface area contributed by atoms with Crippen LogP contribution in [0.25, 0.3) is 0 Å². The average molecular weight is 286 g/mol. The lowest BCUT2D eigenvalue weighted by molar-refractivity contribution is -0.380. The van der Waals surface area contributed by atoms with Crippen LogP contribution in [-0.2, 0) is 6.54 Å². The van der Waals surface area contributed by atoms with Crippen molar-refractivity contribution < 1.29 is 4.92 Å². The van der Waals surface area contributed by atoms with Gasteiger partial charge in [-0.15, -0.1) is 0 Å². The van der Waals surface area contributed by atoms with Crippen molar-refractivity contribution in [2.75, 3.05) is 5.75 Å². The number of rotatable bonds is 6. The Kier molecular flexibility index (Phi) is 5.03. The van der Waals surface area contributed by atoms with Crippen LogP contribution in [0.15, 0.2) is 12.1 Å². The van der Waals surface area contributed by atoms with Gasteiger partial charge in [-0.2, -0.15) is 11.8 Å². The Morgan fingerprint density at radius 1 is 1.56 bits per heavy atom. The zero-order valence-corrected chi connectivity index (χ0v) is 12.1. The zero-order chi connectivity index (χ0) is 13.0. The van der Waals surface area contributed by atoms with Crippen LogP contribution < -0.4 is 5.32 Å². The van der Waals surface area contributed by atoms with Crippen LogP contribution in [0.1, 0.15) is 31.1 Å². The van der Waals surface area contributed by atoms with Gasteiger partial charge in [-0.25, -0.2) is 0 Å². The second-order valence-electron chi connectivity index (χ2n) is 4.41. The van der Waals surface area contributed by atoms with Crippen LogP contribution in [-0.4, -0.2) is 22.0 Å². The molecule has 18 heavy (non-hydrogen) atoms. The molecule has 6 heteroatoms. The van der Waals surface area contributed by atoms with Crippen molar-refractivity contribution in [3.05, 3.63) is 27.1 Å². The molecular formula is C12H18N2O2S2. The number of hydrogen-bond acceptors (Lipinski definition) is 5. The highest BCUT2D eigenvalue weighted by atomic mass is 32.2. The minimum absolute atomic E-state index is 0.234. The van der Waals surface area contributed by atoms with Gasteiger partial charge in [0, 0.05) is 28.8 Å². The summed E-state index contributed by atoms with van der Waals surface area (Å²) in [7, 11) is 0. The first-order valence-corrected chi connectivity index (χ1v) is 8.15. The largest absolute Gasteiger partial charge is 0.324 e. The van der Waals surface area contributed by atoms with Crippen molar-refractivity contribution in [2.24, 2.45) is 0 Å². The van der Waals surface area contributed by atoms with Gasteiger partial charge < -0.3 is 5.32 Å². The Bertz CT molecular complexity index is 409. The van der Waals surface area contributed by atoms with Crippen molar-refractivity contribution in [3.63, 3.8) is 0 Å². The van der Waals surface area contributed by atoms with Crippen LogP contribution in [0.2, 0.25) is 0 Å². The van der Waals surface area contributed by atoms with Crippen molar-refractivity contribution in [1.82, 2.24) is 5.32 Å². The molecular weight excluding hydrogens is 268 g/mol. The van der Waals surface area contributed by atoms with Gasteiger partial charge in [-0.1, -0.05) is 24.7 Å². The van der Waals surface area contributed by atoms with E-state index in [2.05, 4.69) is 12.2 Å². The molecule has 1 aliphatic rings. The maximum atomic E-state index is 10.6. The molecule has 1 aromatic rings. The van der Waals surface area contributed by atoms with Crippen molar-refractivity contribution in [1.29, 1.82) is 0 Å². The van der Waals surface area contributed by atoms with Crippen LogP contribution in [0.4, 0.5) is 5.00 Å². The van der Waals surface area contributed by atoms with Crippen molar-refractivity contribution >= 4 is 28.1 Å². The minimum Gasteiger partial charge on any atom is -0.308 e. The maximum absolute atomic E-state index is 10.6. The van der Waals surface area contributed by atoms with E-state index >= 15 is 0 Å². The van der Waals surface area contributed by atoms with Gasteiger partial charge in [-0.05, 0) is 24.7 Å². The van der Waals surface area contributed by atoms with Crippen LogP contribution >= 0.6 is 23.1 Å². The van der Waals surface area contributed by atoms with Gasteiger partial charge in [-0.3, -0.25) is 10.1 Å². The molecule has 2 rings (SSSR count). The highest BCUT2D eigenvalue weighted by molar-refractivity contribution is 7.99. The fourth-order valence-corrected chi connectivity index (χ4v) is 4.36. The van der Waals surface area contributed by atoms with Gasteiger partial charge in [0.05, 0.1) is 4.92 Å². The molecule has 1 fully saturated rings. The van der Waals surface area contributed by atoms with E-state index in [4.69, 9.17) is 0 Å². The molecule has 0 amide bonds. The molecule has 0 saturated heterocycles. The predicted molar refractivity (Wildman–Crippen MR) is 77.4 cm³/mol. The molecule has 1 aliphatic carbocycles. The molecule has 0 bridgehead atoms. The lowest BCUT2D eigenvalue weighted by Crippen LogP contribution is -2.33. The number of thioether (sulfide) groups is 1. The Morgan fingerprint density at radius 2 is 2.39 bits per heavy atom. The van der Waals surface area contributed by atoms with E-state index in [1.165, 1.54) is 30.6 Å². The van der Waals surface area contributed by atoms with Crippen LogP contribution in [0.3, 0.4) is 0 Å². The minimum atomic E-state index is -0.320. The number of hydrogen-bond donors (Lipinski definition) is 1. The second-order valence-corrected chi connectivity index (χ2v) is 7.07. The van der Waals surface area contributed by atoms with Gasteiger partial charge in [0.2, 0.25) is 0 Å². The quantitative estimate of drug-likeness (QED) is 0.643. The summed E-state index contributed by atoms with van der Waals surface area (Å²) in [6.45, 7) is 2.95. The third-order valence-electron chi connectivity index (χ3n) is 3.20. The summed E-state index contributed by atoms with van der Waals surface area (Å²) in [5, 5.41) is 15.1. The van der Waals surface area contributed by atoms with E-state index in [-0.39, 0.29) is 9.92 Å². The number of thiophene rings is 1.